The van der Waals surface area contributed by atoms with E-state index in [1.165, 1.54) is 4.90 Å². The second kappa shape index (κ2) is 44.7. The number of hydrogen-bond acceptors (Lipinski definition) is 20. The predicted molar refractivity (Wildman–Crippen MR) is 414 cm³/mol. The SMILES string of the molecule is CC(=O)N[C@H]1CCC(=O)C[C@@H](C(=O)N2CCC[C@H]2C(=O)N2CCC[C@H]2C(=O)N[C@@H](CCCNC(=N)N)C(=O)N[C@@H](CC(=O)O)C(=O)N[C@H](C)CCCCNC(=O)CN(CC(=O)O)CC(=O)O)NC(=O)[C@H](Cc2c[nH]c3ccccc23)NC(=O)[C@H](CCCNC(=N)N)NC(=O)[C@@H](Cc2ccccc2)NC(=O)[C@H](CC2=CCC=N2)NC1=O. The van der Waals surface area contributed by atoms with E-state index in [4.69, 9.17) is 32.5 Å². The molecule has 624 valence electrons. The monoisotopic (exact) mass is 1600 g/mol. The highest BCUT2D eigenvalue weighted by Gasteiger charge is 2.46. The van der Waals surface area contributed by atoms with E-state index in [0.717, 1.165) is 16.7 Å². The molecular formula is C75H105N21O19. The number of guanidine groups is 2. The van der Waals surface area contributed by atoms with Crippen molar-refractivity contribution in [1.29, 1.82) is 10.8 Å². The second-order valence-corrected chi connectivity index (χ2v) is 28.8. The van der Waals surface area contributed by atoms with Crippen LogP contribution < -0.4 is 75.3 Å². The van der Waals surface area contributed by atoms with Crippen LogP contribution in [-0.4, -0.2) is 267 Å². The number of allylic oxidation sites excluding steroid dienone is 1. The van der Waals surface area contributed by atoms with Crippen molar-refractivity contribution in [3.05, 3.63) is 83.7 Å². The molecule has 40 heteroatoms. The van der Waals surface area contributed by atoms with E-state index in [2.05, 4.69) is 73.8 Å². The molecule has 3 saturated heterocycles. The van der Waals surface area contributed by atoms with Crippen molar-refractivity contribution in [1.82, 2.24) is 83.5 Å². The fraction of sp³-hybridized carbons (Fsp3) is 0.533. The van der Waals surface area contributed by atoms with E-state index in [1.807, 2.05) is 0 Å². The lowest BCUT2D eigenvalue weighted by Gasteiger charge is -2.34. The minimum absolute atomic E-state index is 0.00679. The number of Topliss-reactive ketones (excluding diaryl/α,β-unsaturated/α-hetero) is 1. The van der Waals surface area contributed by atoms with Crippen molar-refractivity contribution < 1.29 is 92.0 Å². The predicted octanol–water partition coefficient (Wildman–Crippen LogP) is -3.40. The van der Waals surface area contributed by atoms with Gasteiger partial charge in [0.05, 0.1) is 26.1 Å². The molecule has 2 aromatic carbocycles. The van der Waals surface area contributed by atoms with Crippen LogP contribution in [0.2, 0.25) is 0 Å². The van der Waals surface area contributed by atoms with E-state index in [9.17, 15) is 62.6 Å². The van der Waals surface area contributed by atoms with E-state index in [-0.39, 0.29) is 116 Å². The second-order valence-electron chi connectivity index (χ2n) is 28.8. The number of aromatic nitrogens is 1. The third-order valence-corrected chi connectivity index (χ3v) is 19.6. The number of nitrogens with one attached hydrogen (secondary N) is 15. The zero-order valence-corrected chi connectivity index (χ0v) is 64.2. The summed E-state index contributed by atoms with van der Waals surface area (Å²) in [6.07, 6.45) is 3.32. The van der Waals surface area contributed by atoms with Gasteiger partial charge in [0.15, 0.2) is 11.9 Å². The Balaban J connectivity index is 1.15. The standard InChI is InChI=1S/C75H105N21O19/c1-42(15-8-9-27-81-60(99)39-94(40-62(102)103)41-63(104)105)85-67(109)56(37-61(100)101)92-65(107)51(22-12-30-83-75(78)79)88-71(113)58-23-13-31-95(58)73(115)59-24-14-32-96(59)72(114)57-36-47(98)25-26-52(86-43(2)97)66(108)91-55(35-46-18-10-28-80-46)70(112)89-53(33-44-16-4-3-5-17-44)68(110)87-50(21-11-29-82-74(76)77)64(106)90-54(69(111)93-57)34-45-38-84-49-20-7-6-19-48(45)49/h3-7,16-20,28,38,42,50-59,84H,8-15,21-27,29-37,39-41H2,1-2H3,(H,81,99)(H,85,109)(H,86,97)(H,87,110)(H,88,113)(H,89,112)(H,90,106)(H,91,108)(H,92,107)(H,93,111)(H,100,101)(H,102,103)(H,104,105)(H4,76,77,82)(H4,78,79,83)/t42-,50+,51+,52+,53-,54+,55+,56+,57+,58+,59+/m1/s1. The van der Waals surface area contributed by atoms with Crippen LogP contribution in [0.3, 0.4) is 0 Å². The molecule has 0 spiro atoms. The number of carbonyl (C=O) groups is 16. The van der Waals surface area contributed by atoms with Gasteiger partial charge < -0.3 is 105 Å². The highest BCUT2D eigenvalue weighted by Crippen LogP contribution is 2.28. The number of para-hydroxylation sites is 1. The molecule has 0 bridgehead atoms. The van der Waals surface area contributed by atoms with Crippen LogP contribution in [0.25, 0.3) is 10.9 Å². The van der Waals surface area contributed by atoms with Crippen LogP contribution in [0.4, 0.5) is 0 Å². The molecule has 0 saturated carbocycles. The van der Waals surface area contributed by atoms with Crippen LogP contribution in [0.5, 0.6) is 0 Å². The Hall–Kier alpha value is -12.4. The summed E-state index contributed by atoms with van der Waals surface area (Å²) in [6, 6.07) is -0.230. The first-order chi connectivity index (χ1) is 54.8. The zero-order chi connectivity index (χ0) is 83.8. The molecular weight excluding hydrogens is 1500 g/mol. The quantitative estimate of drug-likeness (QED) is 0.0153. The number of nitrogens with zero attached hydrogens (tertiary/aromatic N) is 4. The molecule has 0 radical (unpaired) electrons. The van der Waals surface area contributed by atoms with Gasteiger partial charge in [0.2, 0.25) is 70.9 Å². The maximum absolute atomic E-state index is 15.6. The van der Waals surface area contributed by atoms with E-state index in [0.29, 0.717) is 47.0 Å². The topological polar surface area (TPSA) is 616 Å². The molecule has 5 heterocycles. The Morgan fingerprint density at radius 2 is 1.19 bits per heavy atom. The smallest absolute Gasteiger partial charge is 0.317 e. The van der Waals surface area contributed by atoms with E-state index >= 15 is 19.2 Å². The normalized spacial score (nSPS) is 21.2. The highest BCUT2D eigenvalue weighted by atomic mass is 16.4. The van der Waals surface area contributed by atoms with Gasteiger partial charge in [-0.3, -0.25) is 97.4 Å². The van der Waals surface area contributed by atoms with Crippen LogP contribution in [0.1, 0.15) is 134 Å². The molecule has 1 aromatic heterocycles. The van der Waals surface area contributed by atoms with Crippen molar-refractivity contribution in [2.24, 2.45) is 16.5 Å². The first-order valence-electron chi connectivity index (χ1n) is 38.3. The number of carboxylic acids is 3. The third-order valence-electron chi connectivity index (χ3n) is 19.6. The summed E-state index contributed by atoms with van der Waals surface area (Å²) in [5.41, 5.74) is 13.2. The van der Waals surface area contributed by atoms with Crippen molar-refractivity contribution in [3.8, 4) is 0 Å². The number of likely N-dealkylation sites (tertiary alicyclic amines) is 2. The summed E-state index contributed by atoms with van der Waals surface area (Å²) in [4.78, 5) is 234. The molecule has 22 N–H and O–H groups in total. The van der Waals surface area contributed by atoms with Crippen molar-refractivity contribution in [2.75, 3.05) is 52.4 Å². The van der Waals surface area contributed by atoms with Crippen LogP contribution in [0, 0.1) is 10.8 Å². The van der Waals surface area contributed by atoms with Crippen LogP contribution in [0.15, 0.2) is 77.6 Å². The van der Waals surface area contributed by atoms with Gasteiger partial charge >= 0.3 is 17.9 Å². The first-order valence-corrected chi connectivity index (χ1v) is 38.3. The molecule has 0 aliphatic carbocycles. The average molecular weight is 1600 g/mol. The number of nitrogens with two attached hydrogens (primary N) is 2. The Kier molecular flexibility index (Phi) is 34.9. The van der Waals surface area contributed by atoms with Crippen molar-refractivity contribution in [3.63, 3.8) is 0 Å². The van der Waals surface area contributed by atoms with Gasteiger partial charge in [-0.15, -0.1) is 0 Å². The van der Waals surface area contributed by atoms with E-state index < -0.39 is 212 Å². The first kappa shape index (κ1) is 89.8. The molecule has 3 aromatic rings. The minimum atomic E-state index is -1.84. The molecule has 40 nitrogen and oxygen atoms in total. The highest BCUT2D eigenvalue weighted by molar-refractivity contribution is 6.01. The Morgan fingerprint density at radius 1 is 0.609 bits per heavy atom. The van der Waals surface area contributed by atoms with Gasteiger partial charge in [-0.2, -0.15) is 0 Å². The molecule has 12 amide bonds. The molecule has 4 aliphatic heterocycles. The summed E-state index contributed by atoms with van der Waals surface area (Å²) >= 11 is 0. The summed E-state index contributed by atoms with van der Waals surface area (Å²) in [6.45, 7) is 0.849. The van der Waals surface area contributed by atoms with Crippen LogP contribution in [-0.2, 0) is 89.6 Å². The third kappa shape index (κ3) is 29.3. The van der Waals surface area contributed by atoms with Gasteiger partial charge in [-0.05, 0) is 101 Å². The Bertz CT molecular complexity index is 4100. The summed E-state index contributed by atoms with van der Waals surface area (Å²) in [7, 11) is 0. The number of hydrogen-bond donors (Lipinski definition) is 20. The molecule has 0 unspecified atom stereocenters. The van der Waals surface area contributed by atoms with Gasteiger partial charge in [0.25, 0.3) is 0 Å². The average Bonchev–Trinajstić information content (AvgIpc) is 1.70. The maximum atomic E-state index is 15.6. The lowest BCUT2D eigenvalue weighted by molar-refractivity contribution is -0.148. The Labute approximate surface area is 662 Å². The number of fused-ring (bicyclic) bond motifs is 1. The molecule has 115 heavy (non-hydrogen) atoms. The number of aliphatic carboxylic acids is 3. The van der Waals surface area contributed by atoms with Gasteiger partial charge in [0, 0.05) is 113 Å². The zero-order valence-electron chi connectivity index (χ0n) is 64.2. The molecule has 4 aliphatic rings. The number of carboxylic acid groups (broad SMARTS) is 3. The number of rotatable bonds is 36. The number of aliphatic imine (C=N–C) groups is 1. The number of ketones is 1. The summed E-state index contributed by atoms with van der Waals surface area (Å²) in [5.74, 6) is -16.1. The fourth-order valence-electron chi connectivity index (χ4n) is 14.0. The molecule has 11 atom stereocenters. The number of H-pyrrole nitrogens is 1. The number of benzene rings is 2. The largest absolute Gasteiger partial charge is 0.481 e. The van der Waals surface area contributed by atoms with Crippen LogP contribution >= 0.6 is 0 Å². The number of carbonyl (C=O) groups excluding carboxylic acids is 13. The number of unbranched alkanes of at least 4 members (excludes halogenated alkanes) is 1. The minimum Gasteiger partial charge on any atom is -0.481 e. The van der Waals surface area contributed by atoms with Gasteiger partial charge in [-0.25, -0.2) is 0 Å². The number of aromatic amines is 1. The lowest BCUT2D eigenvalue weighted by Crippen LogP contribution is -2.61. The van der Waals surface area contributed by atoms with Crippen molar-refractivity contribution in [2.45, 2.75) is 202 Å². The fourth-order valence-corrected chi connectivity index (χ4v) is 14.0. The maximum Gasteiger partial charge on any atom is 0.317 e. The van der Waals surface area contributed by atoms with Gasteiger partial charge in [0.1, 0.15) is 66.2 Å². The van der Waals surface area contributed by atoms with Crippen molar-refractivity contribution >= 4 is 124 Å². The summed E-state index contributed by atoms with van der Waals surface area (Å²) < 4.78 is 0. The molecule has 7 rings (SSSR count). The number of amides is 12. The van der Waals surface area contributed by atoms with Gasteiger partial charge in [-0.1, -0.05) is 54.6 Å². The van der Waals surface area contributed by atoms with E-state index in [1.54, 1.807) is 80.0 Å². The Morgan fingerprint density at radius 3 is 1.83 bits per heavy atom. The molecule has 3 fully saturated rings. The summed E-state index contributed by atoms with van der Waals surface area (Å²) in [5, 5.41) is 76.0. The lowest BCUT2D eigenvalue weighted by atomic mass is 9.99.